The Balaban J connectivity index is 0.000000420. The predicted molar refractivity (Wildman–Crippen MR) is 130 cm³/mol. The van der Waals surface area contributed by atoms with E-state index in [1.54, 1.807) is 0 Å². The molecule has 0 aromatic heterocycles. The van der Waals surface area contributed by atoms with Crippen molar-refractivity contribution in [3.05, 3.63) is 0 Å². The van der Waals surface area contributed by atoms with Gasteiger partial charge in [-0.15, -0.1) is 0 Å². The van der Waals surface area contributed by atoms with E-state index in [4.69, 9.17) is 10.2 Å². The molecule has 0 saturated carbocycles. The third kappa shape index (κ3) is 11.0. The fourth-order valence-corrected chi connectivity index (χ4v) is 3.01. The van der Waals surface area contributed by atoms with Gasteiger partial charge in [0.1, 0.15) is 12.2 Å². The fraction of sp³-hybridized carbons (Fsp3) is 0.545. The molecule has 53 heavy (non-hydrogen) atoms. The number of aliphatic carboxylic acids is 2. The second kappa shape index (κ2) is 18.3. The number of ether oxygens (including phenoxy) is 8. The molecule has 4 fully saturated rings. The molecule has 0 radical (unpaired) electrons. The van der Waals surface area contributed by atoms with Crippen molar-refractivity contribution in [1.82, 2.24) is 0 Å². The van der Waals surface area contributed by atoms with E-state index in [0.717, 1.165) is 0 Å². The number of hydrogen-bond acceptors (Lipinski definition) is 30. The van der Waals surface area contributed by atoms with Crippen molar-refractivity contribution in [3.8, 4) is 0 Å². The standard InChI is InChI=1S/2C9H8O12.C4H6O6.Ba/c2*10-1-2(11)6(15)19-9(18-5(1)14)20-7(16)3(12)4(13)8(17)21-9;5-1(3(7)8)2(6)4(9)10;/h2*1-4,10-13H;1-2,5-6H,(H,7,8)(H,9,10);/q;;;+2/p-2. The van der Waals surface area contributed by atoms with Crippen LogP contribution >= 0.6 is 0 Å². The molecular weight excluding hydrogens is 882 g/mol. The van der Waals surface area contributed by atoms with Crippen LogP contribution in [0.4, 0.5) is 0 Å². The van der Waals surface area contributed by atoms with Crippen molar-refractivity contribution in [2.45, 2.75) is 73.4 Å². The molecule has 0 bridgehead atoms. The van der Waals surface area contributed by atoms with E-state index in [2.05, 4.69) is 37.9 Å². The largest absolute Gasteiger partial charge is 2.00 e. The first-order chi connectivity index (χ1) is 23.8. The molecule has 2 spiro atoms. The third-order valence-corrected chi connectivity index (χ3v) is 5.72. The summed E-state index contributed by atoms with van der Waals surface area (Å²) in [6.45, 7) is 0. The first-order valence-electron chi connectivity index (χ1n) is 12.9. The topological polar surface area (TPSA) is 493 Å². The molecule has 0 amide bonds. The van der Waals surface area contributed by atoms with Crippen LogP contribution < -0.4 is 10.2 Å². The van der Waals surface area contributed by atoms with Crippen LogP contribution in [0.15, 0.2) is 0 Å². The van der Waals surface area contributed by atoms with Crippen LogP contribution in [0.5, 0.6) is 0 Å². The van der Waals surface area contributed by atoms with Gasteiger partial charge >= 0.3 is 109 Å². The Morgan fingerprint density at radius 1 is 0.396 bits per heavy atom. The van der Waals surface area contributed by atoms with Crippen LogP contribution in [0.2, 0.25) is 0 Å². The SMILES string of the molecule is O=C([O-])C(O)C(O)C(=O)[O-].O=C1OC2(OC(=O)C(O)C1O)OC(=O)C(O)C(O)C(=O)O2.O=C1OC2(OC(=O)C(O)C1O)OC(=O)C(O)C(O)C(=O)O2.[Ba+2]. The van der Waals surface area contributed by atoms with Crippen LogP contribution in [0, 0.1) is 0 Å². The summed E-state index contributed by atoms with van der Waals surface area (Å²) in [6.07, 6.45) is -30.9. The smallest absolute Gasteiger partial charge is 0.547 e. The third-order valence-electron chi connectivity index (χ3n) is 5.72. The summed E-state index contributed by atoms with van der Waals surface area (Å²) in [7, 11) is 0. The molecule has 4 aliphatic heterocycles. The summed E-state index contributed by atoms with van der Waals surface area (Å²) in [5.74, 6) is -17.9. The normalized spacial score (nSPS) is 35.1. The maximum absolute atomic E-state index is 11.4. The zero-order valence-electron chi connectivity index (χ0n) is 25.1. The Kier molecular flexibility index (Phi) is 16.2. The maximum atomic E-state index is 11.4. The Morgan fingerprint density at radius 3 is 0.604 bits per heavy atom. The Hall–Kier alpha value is -4.13. The van der Waals surface area contributed by atoms with Gasteiger partial charge in [0, 0.05) is 0 Å². The van der Waals surface area contributed by atoms with Gasteiger partial charge in [-0.25, -0.2) is 38.4 Å². The fourth-order valence-electron chi connectivity index (χ4n) is 3.01. The van der Waals surface area contributed by atoms with Crippen LogP contribution in [0.25, 0.3) is 0 Å². The van der Waals surface area contributed by atoms with Crippen LogP contribution in [0.1, 0.15) is 0 Å². The Labute approximate surface area is 327 Å². The number of aliphatic hydroxyl groups is 10. The van der Waals surface area contributed by atoms with Crippen LogP contribution in [-0.2, 0) is 85.8 Å². The molecule has 10 N–H and O–H groups in total. The van der Waals surface area contributed by atoms with E-state index in [9.17, 15) is 99.0 Å². The average molecular weight is 902 g/mol. The van der Waals surface area contributed by atoms with Gasteiger partial charge < -0.3 is 109 Å². The Bertz CT molecular complexity index is 1210. The first-order valence-corrected chi connectivity index (χ1v) is 12.9. The number of rotatable bonds is 3. The second-order valence-electron chi connectivity index (χ2n) is 9.46. The summed E-state index contributed by atoms with van der Waals surface area (Å²) in [6, 6.07) is 0. The molecule has 0 aromatic carbocycles. The number of carbonyl (C=O) groups is 10. The summed E-state index contributed by atoms with van der Waals surface area (Å²) in [5.41, 5.74) is 0. The minimum atomic E-state index is -3.40. The van der Waals surface area contributed by atoms with Gasteiger partial charge in [-0.2, -0.15) is 0 Å². The van der Waals surface area contributed by atoms with E-state index in [0.29, 0.717) is 0 Å². The van der Waals surface area contributed by atoms with Crippen molar-refractivity contribution in [2.75, 3.05) is 0 Å². The molecule has 290 valence electrons. The van der Waals surface area contributed by atoms with Crippen LogP contribution in [-0.4, -0.2) is 233 Å². The van der Waals surface area contributed by atoms with Crippen molar-refractivity contribution < 1.29 is 147 Å². The molecule has 4 heterocycles. The van der Waals surface area contributed by atoms with Crippen LogP contribution in [0.3, 0.4) is 0 Å². The van der Waals surface area contributed by atoms with Crippen molar-refractivity contribution in [3.63, 3.8) is 0 Å². The second-order valence-corrected chi connectivity index (χ2v) is 9.46. The summed E-state index contributed by atoms with van der Waals surface area (Å²) in [5, 5.41) is 109. The molecule has 10 atom stereocenters. The van der Waals surface area contributed by atoms with Crippen molar-refractivity contribution >= 4 is 109 Å². The van der Waals surface area contributed by atoms with Gasteiger partial charge in [0.05, 0.1) is 11.9 Å². The van der Waals surface area contributed by atoms with E-state index in [1.807, 2.05) is 0 Å². The number of esters is 8. The zero-order valence-corrected chi connectivity index (χ0v) is 29.6. The van der Waals surface area contributed by atoms with Gasteiger partial charge in [0.25, 0.3) is 0 Å². The molecular formula is C22H20BaO30. The molecule has 4 saturated heterocycles. The van der Waals surface area contributed by atoms with E-state index in [-0.39, 0.29) is 48.9 Å². The van der Waals surface area contributed by atoms with Crippen molar-refractivity contribution in [2.24, 2.45) is 0 Å². The number of carbonyl (C=O) groups excluding carboxylic acids is 10. The van der Waals surface area contributed by atoms with E-state index >= 15 is 0 Å². The predicted octanol–water partition coefficient (Wildman–Crippen LogP) is -14.7. The van der Waals surface area contributed by atoms with Gasteiger partial charge in [0.2, 0.25) is 0 Å². The minimum Gasteiger partial charge on any atom is -0.547 e. The number of aliphatic hydroxyl groups excluding tert-OH is 10. The molecule has 4 rings (SSSR count). The molecule has 10 unspecified atom stereocenters. The number of hydrogen-bond donors (Lipinski definition) is 10. The summed E-state index contributed by atoms with van der Waals surface area (Å²) >= 11 is 0. The maximum Gasteiger partial charge on any atom is 2.00 e. The first kappa shape index (κ1) is 46.9. The molecule has 31 heteroatoms. The Morgan fingerprint density at radius 2 is 0.509 bits per heavy atom. The van der Waals surface area contributed by atoms with Gasteiger partial charge in [-0.3, -0.25) is 0 Å². The average Bonchev–Trinajstić information content (AvgIpc) is 3.27. The van der Waals surface area contributed by atoms with E-state index in [1.165, 1.54) is 0 Å². The quantitative estimate of drug-likeness (QED) is 0.0928. The van der Waals surface area contributed by atoms with Gasteiger partial charge in [0.15, 0.2) is 48.8 Å². The van der Waals surface area contributed by atoms with Gasteiger partial charge in [-0.05, 0) is 0 Å². The zero-order chi connectivity index (χ0) is 40.2. The minimum absolute atomic E-state index is 0. The molecule has 0 aromatic rings. The number of carboxylic acid groups (broad SMARTS) is 2. The summed E-state index contributed by atoms with van der Waals surface area (Å²) in [4.78, 5) is 110. The van der Waals surface area contributed by atoms with Gasteiger partial charge in [-0.1, -0.05) is 0 Å². The summed E-state index contributed by atoms with van der Waals surface area (Å²) < 4.78 is 33.7. The monoisotopic (exact) mass is 902 g/mol. The number of carboxylic acids is 2. The molecule has 0 aliphatic carbocycles. The molecule has 30 nitrogen and oxygen atoms in total. The van der Waals surface area contributed by atoms with Crippen molar-refractivity contribution in [1.29, 1.82) is 0 Å². The molecule has 4 aliphatic rings. The van der Waals surface area contributed by atoms with E-state index < -0.39 is 133 Å².